The summed E-state index contributed by atoms with van der Waals surface area (Å²) in [5.74, 6) is 0.698. The first-order valence-corrected chi connectivity index (χ1v) is 10.1. The zero-order valence-electron chi connectivity index (χ0n) is 16.8. The zero-order valence-corrected chi connectivity index (χ0v) is 16.8. The van der Waals surface area contributed by atoms with E-state index in [9.17, 15) is 9.90 Å². The van der Waals surface area contributed by atoms with Crippen molar-refractivity contribution < 1.29 is 9.84 Å². The molecule has 1 unspecified atom stereocenters. The number of hydrogen-bond acceptors (Lipinski definition) is 4. The van der Waals surface area contributed by atoms with Gasteiger partial charge in [-0.05, 0) is 43.5 Å². The molecule has 6 heteroatoms. The van der Waals surface area contributed by atoms with Gasteiger partial charge in [0.2, 0.25) is 0 Å². The van der Waals surface area contributed by atoms with E-state index >= 15 is 0 Å². The summed E-state index contributed by atoms with van der Waals surface area (Å²) in [7, 11) is 1.63. The summed E-state index contributed by atoms with van der Waals surface area (Å²) < 4.78 is 7.29. The van der Waals surface area contributed by atoms with Gasteiger partial charge in [-0.3, -0.25) is 10.1 Å². The number of nitrogens with zero attached hydrogens (tertiary/aromatic N) is 1. The molecule has 1 aliphatic carbocycles. The molecule has 4 rings (SSSR count). The Bertz CT molecular complexity index is 1090. The standard InChI is InChI=1S/C23H27N3O3/c1-3-4-12-26-14-19(17-10-11-24-21(17)23(26)28)18-13-15(8-9-20(18)29-2)22(27)25-16-6-5-7-16/h3-4,8-11,13-14,16,22,24-25,27H,5-7,12H2,1-2H3/b4-3+. The Kier molecular flexibility index (Phi) is 5.56. The van der Waals surface area contributed by atoms with Gasteiger partial charge in [0.25, 0.3) is 5.56 Å². The van der Waals surface area contributed by atoms with Crippen molar-refractivity contribution in [2.24, 2.45) is 0 Å². The highest BCUT2D eigenvalue weighted by Crippen LogP contribution is 2.36. The summed E-state index contributed by atoms with van der Waals surface area (Å²) in [6.07, 6.45) is 10.2. The number of hydrogen-bond donors (Lipinski definition) is 3. The molecule has 0 aliphatic heterocycles. The quantitative estimate of drug-likeness (QED) is 0.422. The van der Waals surface area contributed by atoms with Crippen LogP contribution >= 0.6 is 0 Å². The molecular formula is C23H27N3O3. The number of H-pyrrole nitrogens is 1. The van der Waals surface area contributed by atoms with Crippen LogP contribution in [-0.2, 0) is 6.54 Å². The van der Waals surface area contributed by atoms with Crippen molar-refractivity contribution in [3.63, 3.8) is 0 Å². The summed E-state index contributed by atoms with van der Waals surface area (Å²) in [6, 6.07) is 7.97. The lowest BCUT2D eigenvalue weighted by Gasteiger charge is -2.29. The van der Waals surface area contributed by atoms with Gasteiger partial charge in [-0.25, -0.2) is 0 Å². The molecule has 1 fully saturated rings. The molecule has 6 nitrogen and oxygen atoms in total. The van der Waals surface area contributed by atoms with Crippen LogP contribution in [0.15, 0.2) is 53.6 Å². The topological polar surface area (TPSA) is 79.3 Å². The maximum absolute atomic E-state index is 12.8. The van der Waals surface area contributed by atoms with Crippen LogP contribution in [0.3, 0.4) is 0 Å². The minimum atomic E-state index is -0.736. The van der Waals surface area contributed by atoms with Crippen LogP contribution in [0.1, 0.15) is 38.0 Å². The minimum absolute atomic E-state index is 0.0614. The highest BCUT2D eigenvalue weighted by atomic mass is 16.5. The number of aromatic nitrogens is 2. The number of pyridine rings is 1. The Morgan fingerprint density at radius 1 is 1.34 bits per heavy atom. The van der Waals surface area contributed by atoms with Crippen LogP contribution in [-0.4, -0.2) is 27.8 Å². The lowest BCUT2D eigenvalue weighted by molar-refractivity contribution is 0.105. The second kappa shape index (κ2) is 8.27. The smallest absolute Gasteiger partial charge is 0.275 e. The SMILES string of the molecule is C/C=C/Cn1cc(-c2cc(C(O)NC3CCC3)ccc2OC)c2cc[nH]c2c1=O. The average Bonchev–Trinajstić information content (AvgIpc) is 3.20. The van der Waals surface area contributed by atoms with Gasteiger partial charge in [0.05, 0.1) is 7.11 Å². The predicted octanol–water partition coefficient (Wildman–Crippen LogP) is 3.71. The number of nitrogens with one attached hydrogen (secondary N) is 2. The molecule has 1 atom stereocenters. The normalized spacial score (nSPS) is 15.7. The zero-order chi connectivity index (χ0) is 20.4. The van der Waals surface area contributed by atoms with Gasteiger partial charge in [-0.1, -0.05) is 24.6 Å². The Balaban J connectivity index is 1.83. The van der Waals surface area contributed by atoms with Crippen molar-refractivity contribution in [2.75, 3.05) is 7.11 Å². The van der Waals surface area contributed by atoms with Gasteiger partial charge in [-0.15, -0.1) is 0 Å². The fourth-order valence-corrected chi connectivity index (χ4v) is 3.77. The predicted molar refractivity (Wildman–Crippen MR) is 115 cm³/mol. The van der Waals surface area contributed by atoms with Gasteiger partial charge in [0, 0.05) is 41.5 Å². The first kappa shape index (κ1) is 19.5. The summed E-state index contributed by atoms with van der Waals surface area (Å²) >= 11 is 0. The number of methoxy groups -OCH3 is 1. The number of ether oxygens (including phenoxy) is 1. The van der Waals surface area contributed by atoms with Crippen LogP contribution < -0.4 is 15.6 Å². The van der Waals surface area contributed by atoms with E-state index in [2.05, 4.69) is 10.3 Å². The Hall–Kier alpha value is -2.83. The molecule has 0 radical (unpaired) electrons. The van der Waals surface area contributed by atoms with E-state index in [1.54, 1.807) is 17.9 Å². The average molecular weight is 393 g/mol. The summed E-state index contributed by atoms with van der Waals surface area (Å²) in [5, 5.41) is 14.8. The summed E-state index contributed by atoms with van der Waals surface area (Å²) in [5.41, 5.74) is 3.02. The maximum Gasteiger partial charge on any atom is 0.275 e. The number of allylic oxidation sites excluding steroid dienone is 2. The van der Waals surface area contributed by atoms with Crippen molar-refractivity contribution in [3.8, 4) is 16.9 Å². The summed E-state index contributed by atoms with van der Waals surface area (Å²) in [6.45, 7) is 2.42. The van der Waals surface area contributed by atoms with Crippen LogP contribution in [0.4, 0.5) is 0 Å². The van der Waals surface area contributed by atoms with E-state index in [1.165, 1.54) is 6.42 Å². The van der Waals surface area contributed by atoms with Crippen LogP contribution in [0.2, 0.25) is 0 Å². The Morgan fingerprint density at radius 2 is 2.17 bits per heavy atom. The summed E-state index contributed by atoms with van der Waals surface area (Å²) in [4.78, 5) is 15.9. The van der Waals surface area contributed by atoms with Crippen LogP contribution in [0.25, 0.3) is 22.0 Å². The molecule has 152 valence electrons. The lowest BCUT2D eigenvalue weighted by atomic mass is 9.92. The Labute approximate surface area is 169 Å². The van der Waals surface area contributed by atoms with E-state index in [4.69, 9.17) is 4.74 Å². The van der Waals surface area contributed by atoms with E-state index in [0.29, 0.717) is 23.9 Å². The van der Waals surface area contributed by atoms with E-state index in [0.717, 1.165) is 34.9 Å². The molecule has 1 aromatic carbocycles. The minimum Gasteiger partial charge on any atom is -0.496 e. The van der Waals surface area contributed by atoms with E-state index in [1.807, 2.05) is 49.5 Å². The molecule has 2 aromatic heterocycles. The monoisotopic (exact) mass is 393 g/mol. The fraction of sp³-hybridized carbons (Fsp3) is 0.348. The second-order valence-electron chi connectivity index (χ2n) is 7.49. The van der Waals surface area contributed by atoms with Gasteiger partial charge >= 0.3 is 0 Å². The number of aromatic amines is 1. The molecular weight excluding hydrogens is 366 g/mol. The first-order chi connectivity index (χ1) is 14.1. The van der Waals surface area contributed by atoms with Crippen LogP contribution in [0.5, 0.6) is 5.75 Å². The third kappa shape index (κ3) is 3.73. The third-order valence-electron chi connectivity index (χ3n) is 5.66. The molecule has 29 heavy (non-hydrogen) atoms. The lowest BCUT2D eigenvalue weighted by Crippen LogP contribution is -2.37. The van der Waals surface area contributed by atoms with E-state index < -0.39 is 6.23 Å². The van der Waals surface area contributed by atoms with Gasteiger partial charge in [0.15, 0.2) is 0 Å². The van der Waals surface area contributed by atoms with Gasteiger partial charge in [-0.2, -0.15) is 0 Å². The Morgan fingerprint density at radius 3 is 2.86 bits per heavy atom. The second-order valence-corrected chi connectivity index (χ2v) is 7.49. The number of rotatable bonds is 7. The molecule has 0 saturated heterocycles. The van der Waals surface area contributed by atoms with E-state index in [-0.39, 0.29) is 5.56 Å². The fourth-order valence-electron chi connectivity index (χ4n) is 3.77. The van der Waals surface area contributed by atoms with Crippen LogP contribution in [0, 0.1) is 0 Å². The molecule has 3 N–H and O–H groups in total. The molecule has 1 saturated carbocycles. The van der Waals surface area contributed by atoms with Crippen molar-refractivity contribution in [3.05, 3.63) is 64.7 Å². The number of fused-ring (bicyclic) bond motifs is 1. The number of aliphatic hydroxyl groups excluding tert-OH is 1. The third-order valence-corrected chi connectivity index (χ3v) is 5.66. The molecule has 0 spiro atoms. The van der Waals surface area contributed by atoms with Crippen molar-refractivity contribution in [2.45, 2.75) is 45.0 Å². The molecule has 0 amide bonds. The maximum atomic E-state index is 12.8. The van der Waals surface area contributed by atoms with Crippen molar-refractivity contribution in [1.82, 2.24) is 14.9 Å². The van der Waals surface area contributed by atoms with Crippen molar-refractivity contribution >= 4 is 10.9 Å². The van der Waals surface area contributed by atoms with Gasteiger partial charge in [0.1, 0.15) is 17.5 Å². The van der Waals surface area contributed by atoms with Gasteiger partial charge < -0.3 is 19.4 Å². The molecule has 2 heterocycles. The first-order valence-electron chi connectivity index (χ1n) is 10.1. The number of benzene rings is 1. The molecule has 0 bridgehead atoms. The largest absolute Gasteiger partial charge is 0.496 e. The molecule has 1 aliphatic rings. The van der Waals surface area contributed by atoms with Crippen molar-refractivity contribution in [1.29, 1.82) is 0 Å². The molecule has 3 aromatic rings. The number of aliphatic hydroxyl groups is 1. The highest BCUT2D eigenvalue weighted by molar-refractivity contribution is 5.95. The highest BCUT2D eigenvalue weighted by Gasteiger charge is 2.22.